The molecule has 0 unspecified atom stereocenters. The Kier molecular flexibility index (Phi) is 7.78. The van der Waals surface area contributed by atoms with Crippen LogP contribution in [-0.2, 0) is 5.41 Å². The van der Waals surface area contributed by atoms with Gasteiger partial charge in [-0.2, -0.15) is 0 Å². The average molecular weight is 688 g/mol. The maximum atomic E-state index is 2.37. The summed E-state index contributed by atoms with van der Waals surface area (Å²) in [5, 5.41) is 2.45. The molecule has 0 spiro atoms. The zero-order valence-electron chi connectivity index (χ0n) is 29.8. The highest BCUT2D eigenvalue weighted by atomic mass is 15.1. The van der Waals surface area contributed by atoms with E-state index in [2.05, 4.69) is 229 Å². The first-order valence-corrected chi connectivity index (χ1v) is 18.7. The number of hydrogen-bond acceptors (Lipinski definition) is 1. The predicted octanol–water partition coefficient (Wildman–Crippen LogP) is 14.0. The molecule has 0 fully saturated rings. The van der Waals surface area contributed by atoms with Gasteiger partial charge in [0.05, 0.1) is 5.41 Å². The molecule has 0 radical (unpaired) electrons. The molecule has 1 heteroatoms. The van der Waals surface area contributed by atoms with E-state index < -0.39 is 5.41 Å². The van der Waals surface area contributed by atoms with Crippen LogP contribution in [0.1, 0.15) is 22.3 Å². The van der Waals surface area contributed by atoms with Crippen molar-refractivity contribution in [1.82, 2.24) is 0 Å². The minimum absolute atomic E-state index is 0.535. The van der Waals surface area contributed by atoms with Gasteiger partial charge in [0.25, 0.3) is 0 Å². The van der Waals surface area contributed by atoms with Crippen LogP contribution in [0.3, 0.4) is 0 Å². The van der Waals surface area contributed by atoms with E-state index in [-0.39, 0.29) is 0 Å². The summed E-state index contributed by atoms with van der Waals surface area (Å²) in [6.45, 7) is 0. The van der Waals surface area contributed by atoms with Crippen molar-refractivity contribution in [3.8, 4) is 33.4 Å². The topological polar surface area (TPSA) is 3.24 Å². The van der Waals surface area contributed by atoms with E-state index in [1.807, 2.05) is 0 Å². The van der Waals surface area contributed by atoms with Gasteiger partial charge in [-0.15, -0.1) is 0 Å². The summed E-state index contributed by atoms with van der Waals surface area (Å²) >= 11 is 0. The van der Waals surface area contributed by atoms with Crippen LogP contribution in [0.2, 0.25) is 0 Å². The Hall–Kier alpha value is -6.96. The van der Waals surface area contributed by atoms with Crippen molar-refractivity contribution in [3.05, 3.63) is 247 Å². The average Bonchev–Trinajstić information content (AvgIpc) is 3.55. The Morgan fingerprint density at radius 2 is 0.759 bits per heavy atom. The number of hydrogen-bond donors (Lipinski definition) is 0. The minimum Gasteiger partial charge on any atom is -0.310 e. The standard InChI is InChI=1S/C53H37N/c1-3-16-38(17-4-1)40-30-33-43(34-31-40)53(51-28-13-10-25-48(51)49-26-11-14-29-52(49)53)50-27-12-9-24-47(50)42-20-15-23-45(37-42)54(44-21-5-2-6-22-44)46-35-32-39-18-7-8-19-41(39)36-46/h1-37H. The Morgan fingerprint density at radius 1 is 0.278 bits per heavy atom. The van der Waals surface area contributed by atoms with Crippen molar-refractivity contribution in [2.45, 2.75) is 5.41 Å². The van der Waals surface area contributed by atoms with E-state index >= 15 is 0 Å². The van der Waals surface area contributed by atoms with Crippen molar-refractivity contribution in [1.29, 1.82) is 0 Å². The Bertz CT molecular complexity index is 2720. The lowest BCUT2D eigenvalue weighted by Gasteiger charge is -2.36. The molecular weight excluding hydrogens is 651 g/mol. The molecule has 9 aromatic rings. The van der Waals surface area contributed by atoms with Gasteiger partial charge in [-0.1, -0.05) is 188 Å². The highest BCUT2D eigenvalue weighted by Crippen LogP contribution is 2.58. The van der Waals surface area contributed by atoms with Gasteiger partial charge in [-0.3, -0.25) is 0 Å². The molecule has 10 rings (SSSR count). The van der Waals surface area contributed by atoms with Crippen LogP contribution < -0.4 is 4.90 Å². The zero-order valence-corrected chi connectivity index (χ0v) is 29.8. The second kappa shape index (κ2) is 13.2. The van der Waals surface area contributed by atoms with E-state index in [1.54, 1.807) is 0 Å². The van der Waals surface area contributed by atoms with E-state index in [0.717, 1.165) is 17.1 Å². The first-order chi connectivity index (χ1) is 26.8. The summed E-state index contributed by atoms with van der Waals surface area (Å²) in [5.41, 5.74) is 15.3. The molecule has 0 N–H and O–H groups in total. The van der Waals surface area contributed by atoms with Crippen molar-refractivity contribution in [2.75, 3.05) is 4.90 Å². The van der Waals surface area contributed by atoms with E-state index in [1.165, 1.54) is 66.4 Å². The fraction of sp³-hybridized carbons (Fsp3) is 0.0189. The lowest BCUT2D eigenvalue weighted by molar-refractivity contribution is 0.770. The highest BCUT2D eigenvalue weighted by Gasteiger charge is 2.47. The number of fused-ring (bicyclic) bond motifs is 4. The number of rotatable bonds is 7. The van der Waals surface area contributed by atoms with E-state index in [4.69, 9.17) is 0 Å². The third kappa shape index (κ3) is 5.17. The van der Waals surface area contributed by atoms with Crippen molar-refractivity contribution < 1.29 is 0 Å². The van der Waals surface area contributed by atoms with Gasteiger partial charge in [-0.25, -0.2) is 0 Å². The number of nitrogens with zero attached hydrogens (tertiary/aromatic N) is 1. The van der Waals surface area contributed by atoms with Crippen LogP contribution in [0, 0.1) is 0 Å². The fourth-order valence-corrected chi connectivity index (χ4v) is 8.75. The maximum absolute atomic E-state index is 2.37. The van der Waals surface area contributed by atoms with Gasteiger partial charge in [0.2, 0.25) is 0 Å². The van der Waals surface area contributed by atoms with Crippen LogP contribution in [-0.4, -0.2) is 0 Å². The molecule has 1 nitrogen and oxygen atoms in total. The molecule has 0 bridgehead atoms. The second-order valence-corrected chi connectivity index (χ2v) is 14.1. The largest absolute Gasteiger partial charge is 0.310 e. The molecule has 0 atom stereocenters. The monoisotopic (exact) mass is 687 g/mol. The number of anilines is 3. The summed E-state index contributed by atoms with van der Waals surface area (Å²) < 4.78 is 0. The minimum atomic E-state index is -0.535. The van der Waals surface area contributed by atoms with E-state index in [9.17, 15) is 0 Å². The number of para-hydroxylation sites is 1. The van der Waals surface area contributed by atoms with Crippen molar-refractivity contribution in [2.24, 2.45) is 0 Å². The van der Waals surface area contributed by atoms with Crippen LogP contribution in [0.25, 0.3) is 44.2 Å². The molecule has 0 aromatic heterocycles. The summed E-state index contributed by atoms with van der Waals surface area (Å²) in [7, 11) is 0. The van der Waals surface area contributed by atoms with Crippen molar-refractivity contribution >= 4 is 27.8 Å². The second-order valence-electron chi connectivity index (χ2n) is 14.1. The molecule has 1 aliphatic carbocycles. The lowest BCUT2D eigenvalue weighted by Crippen LogP contribution is -2.29. The SMILES string of the molecule is c1ccc(-c2ccc(C3(c4ccccc4-c4cccc(N(c5ccccc5)c5ccc6ccccc6c5)c4)c4ccccc4-c4ccccc43)cc2)cc1. The molecule has 0 aliphatic heterocycles. The molecule has 0 saturated carbocycles. The van der Waals surface area contributed by atoms with Crippen LogP contribution in [0.15, 0.2) is 224 Å². The smallest absolute Gasteiger partial charge is 0.0719 e. The van der Waals surface area contributed by atoms with Crippen molar-refractivity contribution in [3.63, 3.8) is 0 Å². The van der Waals surface area contributed by atoms with E-state index in [0.29, 0.717) is 0 Å². The van der Waals surface area contributed by atoms with Crippen LogP contribution >= 0.6 is 0 Å². The van der Waals surface area contributed by atoms with Gasteiger partial charge in [-0.05, 0) is 103 Å². The Balaban J connectivity index is 1.19. The quantitative estimate of drug-likeness (QED) is 0.161. The van der Waals surface area contributed by atoms with Crippen LogP contribution in [0.5, 0.6) is 0 Å². The third-order valence-electron chi connectivity index (χ3n) is 11.1. The lowest BCUT2D eigenvalue weighted by atomic mass is 9.65. The molecule has 0 amide bonds. The van der Waals surface area contributed by atoms with Gasteiger partial charge < -0.3 is 4.90 Å². The molecule has 254 valence electrons. The van der Waals surface area contributed by atoms with Gasteiger partial charge in [0.1, 0.15) is 0 Å². The third-order valence-corrected chi connectivity index (χ3v) is 11.1. The summed E-state index contributed by atoms with van der Waals surface area (Å²) in [6, 6.07) is 82.1. The summed E-state index contributed by atoms with van der Waals surface area (Å²) in [4.78, 5) is 2.37. The zero-order chi connectivity index (χ0) is 35.9. The fourth-order valence-electron chi connectivity index (χ4n) is 8.75. The van der Waals surface area contributed by atoms with Gasteiger partial charge in [0.15, 0.2) is 0 Å². The predicted molar refractivity (Wildman–Crippen MR) is 227 cm³/mol. The highest BCUT2D eigenvalue weighted by molar-refractivity contribution is 5.92. The number of benzene rings is 9. The normalized spacial score (nSPS) is 12.6. The molecule has 9 aromatic carbocycles. The molecule has 1 aliphatic rings. The molecule has 0 heterocycles. The maximum Gasteiger partial charge on any atom is 0.0719 e. The first-order valence-electron chi connectivity index (χ1n) is 18.7. The Morgan fingerprint density at radius 3 is 1.44 bits per heavy atom. The van der Waals surface area contributed by atoms with Crippen LogP contribution in [0.4, 0.5) is 17.1 Å². The molecule has 54 heavy (non-hydrogen) atoms. The molecule has 0 saturated heterocycles. The summed E-state index contributed by atoms with van der Waals surface area (Å²) in [5.74, 6) is 0. The first kappa shape index (κ1) is 31.7. The van der Waals surface area contributed by atoms with Gasteiger partial charge in [0, 0.05) is 17.1 Å². The molecular formula is C53H37N. The Labute approximate surface area is 317 Å². The van der Waals surface area contributed by atoms with Gasteiger partial charge >= 0.3 is 0 Å². The summed E-state index contributed by atoms with van der Waals surface area (Å²) in [6.07, 6.45) is 0.